The molecule has 9 nitrogen and oxygen atoms in total. The van der Waals surface area contributed by atoms with E-state index in [0.29, 0.717) is 35.5 Å². The summed E-state index contributed by atoms with van der Waals surface area (Å²) in [5.74, 6) is 2.94. The summed E-state index contributed by atoms with van der Waals surface area (Å²) < 4.78 is 41.2. The average Bonchev–Trinajstić information content (AvgIpc) is 3.22. The van der Waals surface area contributed by atoms with E-state index in [4.69, 9.17) is 9.47 Å². The first-order chi connectivity index (χ1) is 15.9. The minimum Gasteiger partial charge on any atom is -0.494 e. The van der Waals surface area contributed by atoms with Gasteiger partial charge in [0.15, 0.2) is 0 Å². The van der Waals surface area contributed by atoms with Gasteiger partial charge >= 0.3 is 0 Å². The minimum atomic E-state index is -3.75. The number of rotatable bonds is 8. The standard InChI is InChI=1S/C23H23N5O4S/c1-4-31-21-10-9-20(13-16(21)2)33(29,30)27-18-5-7-19(8-6-18)32-23-14-22(25-15-26-23)28-12-11-24-17(28)3/h5-15,27H,4H2,1-3H3. The molecule has 0 aliphatic carbocycles. The largest absolute Gasteiger partial charge is 0.494 e. The molecule has 0 atom stereocenters. The lowest BCUT2D eigenvalue weighted by atomic mass is 10.2. The number of aryl methyl sites for hydroxylation is 2. The zero-order chi connectivity index (χ0) is 23.4. The molecule has 0 aliphatic heterocycles. The van der Waals surface area contributed by atoms with E-state index in [1.165, 1.54) is 12.4 Å². The van der Waals surface area contributed by atoms with Crippen molar-refractivity contribution in [3.05, 3.63) is 78.6 Å². The third-order valence-corrected chi connectivity index (χ3v) is 6.16. The molecular formula is C23H23N5O4S. The Hall–Kier alpha value is -3.92. The van der Waals surface area contributed by atoms with E-state index < -0.39 is 10.0 Å². The molecule has 0 amide bonds. The molecule has 170 valence electrons. The summed E-state index contributed by atoms with van der Waals surface area (Å²) >= 11 is 0. The Labute approximate surface area is 192 Å². The van der Waals surface area contributed by atoms with Crippen LogP contribution in [-0.4, -0.2) is 34.5 Å². The van der Waals surface area contributed by atoms with Crippen molar-refractivity contribution in [2.24, 2.45) is 0 Å². The Morgan fingerprint density at radius 2 is 1.79 bits per heavy atom. The lowest BCUT2D eigenvalue weighted by Crippen LogP contribution is -2.13. The highest BCUT2D eigenvalue weighted by Crippen LogP contribution is 2.26. The molecule has 2 aromatic heterocycles. The maximum absolute atomic E-state index is 12.8. The molecule has 0 aliphatic rings. The van der Waals surface area contributed by atoms with Gasteiger partial charge in [-0.2, -0.15) is 0 Å². The summed E-state index contributed by atoms with van der Waals surface area (Å²) in [5.41, 5.74) is 1.16. The molecular weight excluding hydrogens is 442 g/mol. The highest BCUT2D eigenvalue weighted by atomic mass is 32.2. The first-order valence-corrected chi connectivity index (χ1v) is 11.7. The van der Waals surface area contributed by atoms with Crippen molar-refractivity contribution in [2.45, 2.75) is 25.7 Å². The van der Waals surface area contributed by atoms with Crippen LogP contribution in [0.5, 0.6) is 17.4 Å². The number of imidazole rings is 1. The number of hydrogen-bond donors (Lipinski definition) is 1. The second kappa shape index (κ2) is 9.29. The molecule has 4 aromatic rings. The van der Waals surface area contributed by atoms with Gasteiger partial charge in [-0.3, -0.25) is 9.29 Å². The Morgan fingerprint density at radius 3 is 2.45 bits per heavy atom. The number of nitrogens with one attached hydrogen (secondary N) is 1. The van der Waals surface area contributed by atoms with Gasteiger partial charge in [-0.05, 0) is 68.8 Å². The lowest BCUT2D eigenvalue weighted by molar-refractivity contribution is 0.337. The highest BCUT2D eigenvalue weighted by molar-refractivity contribution is 7.92. The first-order valence-electron chi connectivity index (χ1n) is 10.2. The predicted molar refractivity (Wildman–Crippen MR) is 124 cm³/mol. The molecule has 0 bridgehead atoms. The summed E-state index contributed by atoms with van der Waals surface area (Å²) in [6.45, 7) is 6.07. The average molecular weight is 466 g/mol. The van der Waals surface area contributed by atoms with Crippen LogP contribution < -0.4 is 14.2 Å². The number of sulfonamides is 1. The van der Waals surface area contributed by atoms with Crippen molar-refractivity contribution in [1.29, 1.82) is 0 Å². The van der Waals surface area contributed by atoms with E-state index in [0.717, 1.165) is 11.4 Å². The quantitative estimate of drug-likeness (QED) is 0.414. The highest BCUT2D eigenvalue weighted by Gasteiger charge is 2.16. The Bertz CT molecular complexity index is 1370. The zero-order valence-corrected chi connectivity index (χ0v) is 19.2. The molecule has 2 aromatic carbocycles. The van der Waals surface area contributed by atoms with Crippen LogP contribution in [0.4, 0.5) is 5.69 Å². The van der Waals surface area contributed by atoms with E-state index in [-0.39, 0.29) is 4.90 Å². The summed E-state index contributed by atoms with van der Waals surface area (Å²) in [6.07, 6.45) is 4.89. The molecule has 10 heteroatoms. The molecule has 0 spiro atoms. The molecule has 33 heavy (non-hydrogen) atoms. The molecule has 1 N–H and O–H groups in total. The maximum Gasteiger partial charge on any atom is 0.261 e. The number of nitrogens with zero attached hydrogens (tertiary/aromatic N) is 4. The molecule has 0 saturated carbocycles. The number of benzene rings is 2. The van der Waals surface area contributed by atoms with Gasteiger partial charge in [0.25, 0.3) is 10.0 Å². The van der Waals surface area contributed by atoms with Crippen molar-refractivity contribution >= 4 is 15.7 Å². The van der Waals surface area contributed by atoms with Crippen molar-refractivity contribution in [2.75, 3.05) is 11.3 Å². The van der Waals surface area contributed by atoms with Crippen molar-refractivity contribution in [3.8, 4) is 23.2 Å². The number of ether oxygens (including phenoxy) is 2. The zero-order valence-electron chi connectivity index (χ0n) is 18.4. The summed E-state index contributed by atoms with van der Waals surface area (Å²) in [6, 6.07) is 13.0. The second-order valence-corrected chi connectivity index (χ2v) is 8.83. The van der Waals surface area contributed by atoms with E-state index in [1.54, 1.807) is 54.9 Å². The molecule has 2 heterocycles. The van der Waals surface area contributed by atoms with Gasteiger partial charge in [-0.1, -0.05) is 0 Å². The van der Waals surface area contributed by atoms with Gasteiger partial charge in [0.2, 0.25) is 5.88 Å². The van der Waals surface area contributed by atoms with Gasteiger partial charge < -0.3 is 9.47 Å². The van der Waals surface area contributed by atoms with Gasteiger partial charge in [0.05, 0.1) is 11.5 Å². The second-order valence-electron chi connectivity index (χ2n) is 7.15. The minimum absolute atomic E-state index is 0.159. The summed E-state index contributed by atoms with van der Waals surface area (Å²) in [7, 11) is -3.75. The normalized spacial score (nSPS) is 11.2. The Balaban J connectivity index is 1.47. The van der Waals surface area contributed by atoms with Crippen LogP contribution in [0.1, 0.15) is 18.3 Å². The van der Waals surface area contributed by atoms with Crippen LogP contribution >= 0.6 is 0 Å². The number of anilines is 1. The molecule has 0 unspecified atom stereocenters. The van der Waals surface area contributed by atoms with E-state index >= 15 is 0 Å². The third-order valence-electron chi connectivity index (χ3n) is 4.79. The summed E-state index contributed by atoms with van der Waals surface area (Å²) in [4.78, 5) is 12.7. The van der Waals surface area contributed by atoms with Crippen LogP contribution in [-0.2, 0) is 10.0 Å². The van der Waals surface area contributed by atoms with Crippen LogP contribution in [0.15, 0.2) is 72.1 Å². The van der Waals surface area contributed by atoms with Crippen molar-refractivity contribution in [3.63, 3.8) is 0 Å². The van der Waals surface area contributed by atoms with Gasteiger partial charge in [0, 0.05) is 24.1 Å². The van der Waals surface area contributed by atoms with E-state index in [1.807, 2.05) is 25.3 Å². The summed E-state index contributed by atoms with van der Waals surface area (Å²) in [5, 5.41) is 0. The lowest BCUT2D eigenvalue weighted by Gasteiger charge is -2.12. The maximum atomic E-state index is 12.8. The van der Waals surface area contributed by atoms with Crippen LogP contribution in [0.3, 0.4) is 0 Å². The SMILES string of the molecule is CCOc1ccc(S(=O)(=O)Nc2ccc(Oc3cc(-n4ccnc4C)ncn3)cc2)cc1C. The third kappa shape index (κ3) is 5.12. The van der Waals surface area contributed by atoms with Crippen LogP contribution in [0.2, 0.25) is 0 Å². The number of aromatic nitrogens is 4. The molecule has 4 rings (SSSR count). The van der Waals surface area contributed by atoms with Crippen molar-refractivity contribution in [1.82, 2.24) is 19.5 Å². The Morgan fingerprint density at radius 1 is 1.00 bits per heavy atom. The number of hydrogen-bond acceptors (Lipinski definition) is 7. The fourth-order valence-corrected chi connectivity index (χ4v) is 4.31. The molecule has 0 radical (unpaired) electrons. The molecule has 0 fully saturated rings. The monoisotopic (exact) mass is 465 g/mol. The van der Waals surface area contributed by atoms with Crippen LogP contribution in [0.25, 0.3) is 5.82 Å². The molecule has 0 saturated heterocycles. The fourth-order valence-electron chi connectivity index (χ4n) is 3.17. The predicted octanol–water partition coefficient (Wildman–Crippen LogP) is 4.27. The van der Waals surface area contributed by atoms with Gasteiger partial charge in [0.1, 0.15) is 29.5 Å². The van der Waals surface area contributed by atoms with Gasteiger partial charge in [-0.25, -0.2) is 23.4 Å². The van der Waals surface area contributed by atoms with E-state index in [2.05, 4.69) is 19.7 Å². The topological polar surface area (TPSA) is 108 Å². The smallest absolute Gasteiger partial charge is 0.261 e. The first kappa shape index (κ1) is 22.3. The van der Waals surface area contributed by atoms with Crippen molar-refractivity contribution < 1.29 is 17.9 Å². The van der Waals surface area contributed by atoms with Crippen LogP contribution in [0, 0.1) is 13.8 Å². The van der Waals surface area contributed by atoms with E-state index in [9.17, 15) is 8.42 Å². The Kier molecular flexibility index (Phi) is 6.27. The fraction of sp³-hybridized carbons (Fsp3) is 0.174. The van der Waals surface area contributed by atoms with Gasteiger partial charge in [-0.15, -0.1) is 0 Å².